The van der Waals surface area contributed by atoms with Crippen molar-refractivity contribution in [1.82, 2.24) is 4.31 Å². The first-order valence-corrected chi connectivity index (χ1v) is 8.56. The number of hydrogen-bond acceptors (Lipinski definition) is 3. The Hall–Kier alpha value is -0.200. The molecule has 0 aromatic heterocycles. The average molecular weight is 290 g/mol. The van der Waals surface area contributed by atoms with E-state index in [9.17, 15) is 8.42 Å². The van der Waals surface area contributed by atoms with Crippen molar-refractivity contribution in [3.8, 4) is 0 Å². The second-order valence-electron chi connectivity index (χ2n) is 5.78. The van der Waals surface area contributed by atoms with E-state index in [1.165, 1.54) is 0 Å². The highest BCUT2D eigenvalue weighted by atomic mass is 32.2. The van der Waals surface area contributed by atoms with E-state index in [0.717, 1.165) is 38.5 Å². The summed E-state index contributed by atoms with van der Waals surface area (Å²) in [4.78, 5) is 0.514. The zero-order valence-electron chi connectivity index (χ0n) is 10.9. The van der Waals surface area contributed by atoms with Crippen LogP contribution in [0.15, 0.2) is 0 Å². The molecule has 2 rings (SSSR count). The molecule has 2 aliphatic rings. The number of sulfonamides is 1. The van der Waals surface area contributed by atoms with Gasteiger partial charge in [-0.05, 0) is 25.7 Å². The number of thiocarbonyl (C=S) groups is 1. The monoisotopic (exact) mass is 290 g/mol. The van der Waals surface area contributed by atoms with E-state index in [2.05, 4.69) is 0 Å². The lowest BCUT2D eigenvalue weighted by atomic mass is 9.81. The van der Waals surface area contributed by atoms with Gasteiger partial charge in [-0.1, -0.05) is 32.0 Å². The summed E-state index contributed by atoms with van der Waals surface area (Å²) in [6.45, 7) is 3.16. The molecule has 0 radical (unpaired) electrons. The summed E-state index contributed by atoms with van der Waals surface area (Å²) in [6, 6.07) is 0. The van der Waals surface area contributed by atoms with Gasteiger partial charge in [-0.25, -0.2) is 12.7 Å². The molecular formula is C12H22N2O2S2. The van der Waals surface area contributed by atoms with Crippen molar-refractivity contribution in [1.29, 1.82) is 0 Å². The average Bonchev–Trinajstić information content (AvgIpc) is 2.83. The van der Waals surface area contributed by atoms with Gasteiger partial charge in [0.05, 0.1) is 10.2 Å². The molecule has 1 saturated heterocycles. The molecule has 1 aliphatic carbocycles. The Morgan fingerprint density at radius 2 is 1.78 bits per heavy atom. The predicted molar refractivity (Wildman–Crippen MR) is 76.9 cm³/mol. The first-order valence-electron chi connectivity index (χ1n) is 6.65. The Bertz CT molecular complexity index is 419. The maximum Gasteiger partial charge on any atom is 0.216 e. The molecule has 2 fully saturated rings. The number of nitrogens with zero attached hydrogens (tertiary/aromatic N) is 1. The highest BCUT2D eigenvalue weighted by molar-refractivity contribution is 7.89. The molecule has 4 nitrogen and oxygen atoms in total. The third-order valence-electron chi connectivity index (χ3n) is 4.50. The van der Waals surface area contributed by atoms with Gasteiger partial charge in [0.15, 0.2) is 0 Å². The fourth-order valence-electron chi connectivity index (χ4n) is 2.88. The maximum absolute atomic E-state index is 12.4. The highest BCUT2D eigenvalue weighted by Crippen LogP contribution is 2.35. The molecule has 2 N–H and O–H groups in total. The molecule has 0 bridgehead atoms. The summed E-state index contributed by atoms with van der Waals surface area (Å²) < 4.78 is 26.5. The summed E-state index contributed by atoms with van der Waals surface area (Å²) in [5.74, 6) is 0. The van der Waals surface area contributed by atoms with Crippen LogP contribution in [0, 0.1) is 5.41 Å². The minimum atomic E-state index is -3.09. The Balaban J connectivity index is 2.03. The fourth-order valence-corrected chi connectivity index (χ4v) is 5.12. The summed E-state index contributed by atoms with van der Waals surface area (Å²) in [7, 11) is -3.09. The van der Waals surface area contributed by atoms with Crippen LogP contribution in [0.4, 0.5) is 0 Å². The van der Waals surface area contributed by atoms with Crippen LogP contribution in [0.2, 0.25) is 0 Å². The first kappa shape index (κ1) is 14.2. The quantitative estimate of drug-likeness (QED) is 0.803. The smallest absolute Gasteiger partial charge is 0.216 e. The lowest BCUT2D eigenvalue weighted by Crippen LogP contribution is -2.48. The number of piperidine rings is 1. The maximum atomic E-state index is 12.4. The Labute approximate surface area is 115 Å². The van der Waals surface area contributed by atoms with Crippen LogP contribution in [0.3, 0.4) is 0 Å². The molecule has 18 heavy (non-hydrogen) atoms. The van der Waals surface area contributed by atoms with Crippen molar-refractivity contribution in [3.63, 3.8) is 0 Å². The Kier molecular flexibility index (Phi) is 3.99. The SMILES string of the molecule is CC1(C(N)=S)CCN(S(=O)(=O)C2CCCC2)CC1. The number of nitrogens with two attached hydrogens (primary N) is 1. The molecule has 104 valence electrons. The van der Waals surface area contributed by atoms with E-state index in [4.69, 9.17) is 18.0 Å². The van der Waals surface area contributed by atoms with Crippen LogP contribution in [0.1, 0.15) is 45.4 Å². The molecule has 1 saturated carbocycles. The molecule has 0 unspecified atom stereocenters. The standard InChI is InChI=1S/C12H22N2O2S2/c1-12(11(13)17)6-8-14(9-7-12)18(15,16)10-4-2-3-5-10/h10H,2-9H2,1H3,(H2,13,17). The van der Waals surface area contributed by atoms with Gasteiger partial charge in [0.1, 0.15) is 0 Å². The number of hydrogen-bond donors (Lipinski definition) is 1. The Morgan fingerprint density at radius 1 is 1.28 bits per heavy atom. The van der Waals surface area contributed by atoms with E-state index in [-0.39, 0.29) is 10.7 Å². The Morgan fingerprint density at radius 3 is 2.22 bits per heavy atom. The summed E-state index contributed by atoms with van der Waals surface area (Å²) in [5.41, 5.74) is 5.57. The van der Waals surface area contributed by atoms with Gasteiger partial charge in [0.25, 0.3) is 0 Å². The van der Waals surface area contributed by atoms with Crippen molar-refractivity contribution in [3.05, 3.63) is 0 Å². The highest BCUT2D eigenvalue weighted by Gasteiger charge is 2.40. The van der Waals surface area contributed by atoms with Gasteiger partial charge in [0.2, 0.25) is 10.0 Å². The summed E-state index contributed by atoms with van der Waals surface area (Å²) in [5, 5.41) is -0.147. The van der Waals surface area contributed by atoms with E-state index in [1.807, 2.05) is 6.92 Å². The van der Waals surface area contributed by atoms with Gasteiger partial charge in [-0.2, -0.15) is 0 Å². The third kappa shape index (κ3) is 2.56. The van der Waals surface area contributed by atoms with Crippen LogP contribution in [0.25, 0.3) is 0 Å². The molecule has 0 spiro atoms. The zero-order valence-corrected chi connectivity index (χ0v) is 12.5. The molecule has 0 aromatic carbocycles. The summed E-state index contributed by atoms with van der Waals surface area (Å²) in [6.07, 6.45) is 5.23. The van der Waals surface area contributed by atoms with Crippen molar-refractivity contribution in [2.45, 2.75) is 50.7 Å². The van der Waals surface area contributed by atoms with Gasteiger partial charge in [0, 0.05) is 18.5 Å². The van der Waals surface area contributed by atoms with Gasteiger partial charge >= 0.3 is 0 Å². The third-order valence-corrected chi connectivity index (χ3v) is 7.40. The van der Waals surface area contributed by atoms with Crippen LogP contribution in [-0.4, -0.2) is 36.1 Å². The molecule has 1 heterocycles. The van der Waals surface area contributed by atoms with E-state index >= 15 is 0 Å². The summed E-state index contributed by atoms with van der Waals surface area (Å²) >= 11 is 5.08. The van der Waals surface area contributed by atoms with Crippen LogP contribution in [0.5, 0.6) is 0 Å². The minimum Gasteiger partial charge on any atom is -0.393 e. The second kappa shape index (κ2) is 5.06. The van der Waals surface area contributed by atoms with E-state index < -0.39 is 10.0 Å². The topological polar surface area (TPSA) is 63.4 Å². The van der Waals surface area contributed by atoms with Crippen molar-refractivity contribution >= 4 is 27.2 Å². The molecular weight excluding hydrogens is 268 g/mol. The number of rotatable bonds is 3. The normalized spacial score (nSPS) is 26.3. The molecule has 1 aliphatic heterocycles. The largest absolute Gasteiger partial charge is 0.393 e. The molecule has 0 atom stereocenters. The van der Waals surface area contributed by atoms with E-state index in [0.29, 0.717) is 18.1 Å². The van der Waals surface area contributed by atoms with Crippen LogP contribution in [-0.2, 0) is 10.0 Å². The zero-order chi connectivity index (χ0) is 13.4. The van der Waals surface area contributed by atoms with Crippen molar-refractivity contribution < 1.29 is 8.42 Å². The minimum absolute atomic E-state index is 0.147. The van der Waals surface area contributed by atoms with E-state index in [1.54, 1.807) is 4.31 Å². The van der Waals surface area contributed by atoms with Gasteiger partial charge < -0.3 is 5.73 Å². The lowest BCUT2D eigenvalue weighted by molar-refractivity contribution is 0.242. The van der Waals surface area contributed by atoms with Crippen LogP contribution < -0.4 is 5.73 Å². The van der Waals surface area contributed by atoms with Crippen molar-refractivity contribution in [2.24, 2.45) is 11.1 Å². The predicted octanol–water partition coefficient (Wildman–Crippen LogP) is 1.65. The molecule has 6 heteroatoms. The van der Waals surface area contributed by atoms with Crippen LogP contribution >= 0.6 is 12.2 Å². The first-order chi connectivity index (χ1) is 8.36. The van der Waals surface area contributed by atoms with Gasteiger partial charge in [-0.3, -0.25) is 0 Å². The lowest BCUT2D eigenvalue weighted by Gasteiger charge is -2.38. The van der Waals surface area contributed by atoms with Gasteiger partial charge in [-0.15, -0.1) is 0 Å². The molecule has 0 amide bonds. The van der Waals surface area contributed by atoms with Crippen molar-refractivity contribution in [2.75, 3.05) is 13.1 Å². The molecule has 0 aromatic rings. The fraction of sp³-hybridized carbons (Fsp3) is 0.917. The second-order valence-corrected chi connectivity index (χ2v) is 8.43.